The Labute approximate surface area is 157 Å². The fourth-order valence-electron chi connectivity index (χ4n) is 2.51. The van der Waals surface area contributed by atoms with Gasteiger partial charge in [0.2, 0.25) is 0 Å². The second-order valence-corrected chi connectivity index (χ2v) is 6.97. The second-order valence-electron chi connectivity index (χ2n) is 5.53. The minimum atomic E-state index is -0.619. The fourth-order valence-corrected chi connectivity index (χ4v) is 3.72. The first-order valence-electron chi connectivity index (χ1n) is 7.47. The van der Waals surface area contributed by atoms with Crippen molar-refractivity contribution in [2.45, 2.75) is 6.92 Å². The molecule has 0 aliphatic rings. The zero-order valence-electron chi connectivity index (χ0n) is 14.1. The molecule has 1 N–H and O–H groups in total. The molecule has 0 saturated carbocycles. The molecule has 0 spiro atoms. The average molecular weight is 392 g/mol. The number of anilines is 1. The van der Waals surface area contributed by atoms with Crippen LogP contribution in [0.4, 0.5) is 5.69 Å². The molecule has 0 atom stereocenters. The van der Waals surface area contributed by atoms with E-state index in [9.17, 15) is 14.4 Å². The highest BCUT2D eigenvalue weighted by Gasteiger charge is 2.21. The summed E-state index contributed by atoms with van der Waals surface area (Å²) in [4.78, 5) is 42.0. The number of aromatic nitrogens is 2. The number of rotatable bonds is 3. The van der Waals surface area contributed by atoms with Crippen molar-refractivity contribution in [3.8, 4) is 0 Å². The van der Waals surface area contributed by atoms with E-state index in [4.69, 9.17) is 16.3 Å². The molecular formula is C17H14ClN3O4S. The number of hydrogen-bond donors (Lipinski definition) is 1. The molecule has 7 nitrogen and oxygen atoms in total. The number of thiophene rings is 1. The van der Waals surface area contributed by atoms with Gasteiger partial charge < -0.3 is 14.6 Å². The third-order valence-electron chi connectivity index (χ3n) is 3.85. The van der Waals surface area contributed by atoms with Gasteiger partial charge in [-0.25, -0.2) is 9.78 Å². The summed E-state index contributed by atoms with van der Waals surface area (Å²) in [5.41, 5.74) is 0.736. The lowest BCUT2D eigenvalue weighted by molar-refractivity contribution is 0.0602. The number of fused-ring (bicyclic) bond motifs is 1. The highest BCUT2D eigenvalue weighted by Crippen LogP contribution is 2.28. The maximum Gasteiger partial charge on any atom is 0.340 e. The molecule has 0 aliphatic carbocycles. The minimum Gasteiger partial charge on any atom is -0.465 e. The molecule has 0 radical (unpaired) electrons. The number of nitrogens with zero attached hydrogens (tertiary/aromatic N) is 2. The van der Waals surface area contributed by atoms with E-state index in [0.29, 0.717) is 25.7 Å². The topological polar surface area (TPSA) is 90.3 Å². The van der Waals surface area contributed by atoms with Crippen LogP contribution >= 0.6 is 22.9 Å². The minimum absolute atomic E-state index is 0.140. The molecule has 0 unspecified atom stereocenters. The molecule has 0 bridgehead atoms. The van der Waals surface area contributed by atoms with E-state index in [1.54, 1.807) is 20.0 Å². The van der Waals surface area contributed by atoms with E-state index < -0.39 is 11.9 Å². The molecule has 9 heteroatoms. The molecular weight excluding hydrogens is 378 g/mol. The normalized spacial score (nSPS) is 10.8. The van der Waals surface area contributed by atoms with Gasteiger partial charge in [-0.05, 0) is 30.7 Å². The lowest BCUT2D eigenvalue weighted by Gasteiger charge is -2.10. The van der Waals surface area contributed by atoms with Crippen molar-refractivity contribution in [3.05, 3.63) is 55.9 Å². The van der Waals surface area contributed by atoms with Crippen molar-refractivity contribution in [2.75, 3.05) is 12.4 Å². The van der Waals surface area contributed by atoms with Crippen LogP contribution < -0.4 is 10.9 Å². The van der Waals surface area contributed by atoms with E-state index in [2.05, 4.69) is 10.3 Å². The molecule has 3 rings (SSSR count). The Hall–Kier alpha value is -2.71. The van der Waals surface area contributed by atoms with Gasteiger partial charge in [0.1, 0.15) is 4.83 Å². The first-order chi connectivity index (χ1) is 12.3. The predicted octanol–water partition coefficient (Wildman–Crippen LogP) is 3.00. The Morgan fingerprint density at radius 1 is 1.35 bits per heavy atom. The second kappa shape index (κ2) is 6.89. The van der Waals surface area contributed by atoms with Crippen LogP contribution in [0, 0.1) is 6.92 Å². The molecule has 3 aromatic rings. The highest BCUT2D eigenvalue weighted by molar-refractivity contribution is 7.20. The first kappa shape index (κ1) is 18.1. The Bertz CT molecular complexity index is 1100. The molecule has 0 saturated heterocycles. The first-order valence-corrected chi connectivity index (χ1v) is 8.67. The Morgan fingerprint density at radius 3 is 2.77 bits per heavy atom. The van der Waals surface area contributed by atoms with Gasteiger partial charge in [0.25, 0.3) is 11.5 Å². The van der Waals surface area contributed by atoms with Crippen LogP contribution in [0.5, 0.6) is 0 Å². The number of ether oxygens (including phenoxy) is 1. The van der Waals surface area contributed by atoms with E-state index in [1.165, 1.54) is 30.1 Å². The number of carbonyl (C=O) groups excluding carboxylic acids is 2. The quantitative estimate of drug-likeness (QED) is 0.693. The number of hydrogen-bond acceptors (Lipinski definition) is 6. The summed E-state index contributed by atoms with van der Waals surface area (Å²) in [6.07, 6.45) is 1.41. The van der Waals surface area contributed by atoms with Gasteiger partial charge in [0.05, 0.1) is 35.0 Å². The van der Waals surface area contributed by atoms with Crippen LogP contribution in [0.1, 0.15) is 25.6 Å². The Kier molecular flexibility index (Phi) is 4.80. The number of nitrogens with one attached hydrogen (secondary N) is 1. The van der Waals surface area contributed by atoms with Crippen LogP contribution in [-0.4, -0.2) is 28.5 Å². The molecule has 26 heavy (non-hydrogen) atoms. The van der Waals surface area contributed by atoms with E-state index >= 15 is 0 Å². The van der Waals surface area contributed by atoms with Crippen LogP contribution in [-0.2, 0) is 11.8 Å². The molecule has 0 aliphatic heterocycles. The largest absolute Gasteiger partial charge is 0.465 e. The van der Waals surface area contributed by atoms with Crippen molar-refractivity contribution in [3.63, 3.8) is 0 Å². The predicted molar refractivity (Wildman–Crippen MR) is 100 cm³/mol. The van der Waals surface area contributed by atoms with E-state index in [0.717, 1.165) is 11.3 Å². The van der Waals surface area contributed by atoms with Gasteiger partial charge in [-0.2, -0.15) is 0 Å². The average Bonchev–Trinajstić information content (AvgIpc) is 2.96. The maximum atomic E-state index is 12.7. The van der Waals surface area contributed by atoms with Gasteiger partial charge in [-0.1, -0.05) is 11.6 Å². The molecule has 2 aromatic heterocycles. The number of esters is 1. The summed E-state index contributed by atoms with van der Waals surface area (Å²) in [5, 5.41) is 3.43. The zero-order chi connectivity index (χ0) is 19.0. The maximum absolute atomic E-state index is 12.7. The van der Waals surface area contributed by atoms with Crippen LogP contribution in [0.25, 0.3) is 10.2 Å². The summed E-state index contributed by atoms with van der Waals surface area (Å²) in [6.45, 7) is 1.69. The highest BCUT2D eigenvalue weighted by atomic mass is 35.5. The lowest BCUT2D eigenvalue weighted by Crippen LogP contribution is -2.17. The van der Waals surface area contributed by atoms with Gasteiger partial charge >= 0.3 is 5.97 Å². The summed E-state index contributed by atoms with van der Waals surface area (Å²) >= 11 is 7.04. The van der Waals surface area contributed by atoms with Gasteiger partial charge in [0, 0.05) is 12.1 Å². The third kappa shape index (κ3) is 3.09. The number of benzene rings is 1. The van der Waals surface area contributed by atoms with Crippen molar-refractivity contribution in [2.24, 2.45) is 7.05 Å². The van der Waals surface area contributed by atoms with E-state index in [1.807, 2.05) is 0 Å². The molecule has 0 fully saturated rings. The van der Waals surface area contributed by atoms with Crippen molar-refractivity contribution in [1.82, 2.24) is 9.55 Å². The van der Waals surface area contributed by atoms with Crippen molar-refractivity contribution >= 4 is 50.7 Å². The monoisotopic (exact) mass is 391 g/mol. The number of aryl methyl sites for hydroxylation is 2. The molecule has 2 heterocycles. The number of methoxy groups -OCH3 is 1. The van der Waals surface area contributed by atoms with E-state index in [-0.39, 0.29) is 16.8 Å². The standard InChI is InChI=1S/C17H14ClN3O4S/c1-8-12-15(19-7-21(2)16(12)23)26-13(8)14(22)20-11-5-4-9(18)6-10(11)17(24)25-3/h4-7H,1-3H3,(H,20,22). The van der Waals surface area contributed by atoms with Crippen LogP contribution in [0.2, 0.25) is 5.02 Å². The Balaban J connectivity index is 2.03. The van der Waals surface area contributed by atoms with Crippen molar-refractivity contribution < 1.29 is 14.3 Å². The van der Waals surface area contributed by atoms with Crippen LogP contribution in [0.15, 0.2) is 29.3 Å². The Morgan fingerprint density at radius 2 is 2.08 bits per heavy atom. The molecule has 134 valence electrons. The summed E-state index contributed by atoms with van der Waals surface area (Å²) in [5.74, 6) is -1.06. The molecule has 1 aromatic carbocycles. The fraction of sp³-hybridized carbons (Fsp3) is 0.176. The number of halogens is 1. The van der Waals surface area contributed by atoms with Gasteiger partial charge in [-0.3, -0.25) is 9.59 Å². The smallest absolute Gasteiger partial charge is 0.340 e. The lowest BCUT2D eigenvalue weighted by atomic mass is 10.1. The third-order valence-corrected chi connectivity index (χ3v) is 5.29. The summed E-state index contributed by atoms with van der Waals surface area (Å²) in [7, 11) is 2.84. The zero-order valence-corrected chi connectivity index (χ0v) is 15.7. The number of carbonyl (C=O) groups is 2. The van der Waals surface area contributed by atoms with Gasteiger partial charge in [-0.15, -0.1) is 11.3 Å². The summed E-state index contributed by atoms with van der Waals surface area (Å²) < 4.78 is 6.08. The SMILES string of the molecule is COC(=O)c1cc(Cl)ccc1NC(=O)c1sc2ncn(C)c(=O)c2c1C. The molecule has 1 amide bonds. The summed E-state index contributed by atoms with van der Waals surface area (Å²) in [6, 6.07) is 4.49. The van der Waals surface area contributed by atoms with Crippen molar-refractivity contribution in [1.29, 1.82) is 0 Å². The van der Waals surface area contributed by atoms with Gasteiger partial charge in [0.15, 0.2) is 0 Å². The van der Waals surface area contributed by atoms with Crippen LogP contribution in [0.3, 0.4) is 0 Å². The number of amides is 1.